The van der Waals surface area contributed by atoms with Crippen molar-refractivity contribution in [1.29, 1.82) is 0 Å². The van der Waals surface area contributed by atoms with Crippen molar-refractivity contribution in [2.75, 3.05) is 13.1 Å². The lowest BCUT2D eigenvalue weighted by Crippen LogP contribution is -2.46. The summed E-state index contributed by atoms with van der Waals surface area (Å²) in [7, 11) is 0. The maximum Gasteiger partial charge on any atom is 0.0408 e. The van der Waals surface area contributed by atoms with E-state index >= 15 is 0 Å². The van der Waals surface area contributed by atoms with E-state index in [1.807, 2.05) is 6.07 Å². The molecule has 96 valence electrons. The molecule has 1 aromatic carbocycles. The second kappa shape index (κ2) is 5.57. The van der Waals surface area contributed by atoms with E-state index in [4.69, 9.17) is 17.3 Å². The number of hydrogen-bond acceptors (Lipinski definition) is 2. The largest absolute Gasteiger partial charge is 0.324 e. The van der Waals surface area contributed by atoms with Gasteiger partial charge in [0.1, 0.15) is 0 Å². The number of halogens is 2. The average molecular weight is 275 g/mol. The van der Waals surface area contributed by atoms with Gasteiger partial charge in [-0.15, -0.1) is 12.4 Å². The average Bonchev–Trinajstić information content (AvgIpc) is 2.16. The lowest BCUT2D eigenvalue weighted by Gasteiger charge is -2.33. The Hall–Kier alpha value is -0.280. The van der Waals surface area contributed by atoms with E-state index in [-0.39, 0.29) is 17.9 Å². The zero-order chi connectivity index (χ0) is 11.8. The molecule has 0 spiro atoms. The molecule has 2 rings (SSSR count). The van der Waals surface area contributed by atoms with Crippen molar-refractivity contribution >= 4 is 24.0 Å². The maximum absolute atomic E-state index is 6.05. The monoisotopic (exact) mass is 274 g/mol. The molecule has 0 amide bonds. The zero-order valence-electron chi connectivity index (χ0n) is 10.4. The Morgan fingerprint density at radius 2 is 2.06 bits per heavy atom. The number of hydrogen-bond donors (Lipinski definition) is 1. The van der Waals surface area contributed by atoms with E-state index in [0.29, 0.717) is 0 Å². The highest BCUT2D eigenvalue weighted by atomic mass is 35.5. The first-order valence-corrected chi connectivity index (χ1v) is 6.10. The molecule has 4 heteroatoms. The Morgan fingerprint density at radius 3 is 2.71 bits per heavy atom. The highest BCUT2D eigenvalue weighted by Crippen LogP contribution is 2.23. The van der Waals surface area contributed by atoms with Gasteiger partial charge >= 0.3 is 0 Å². The van der Waals surface area contributed by atoms with Crippen LogP contribution in [0.15, 0.2) is 18.2 Å². The van der Waals surface area contributed by atoms with E-state index in [1.54, 1.807) is 0 Å². The minimum atomic E-state index is -0.121. The van der Waals surface area contributed by atoms with Crippen molar-refractivity contribution in [2.45, 2.75) is 32.4 Å². The summed E-state index contributed by atoms with van der Waals surface area (Å²) in [6.45, 7) is 7.16. The van der Waals surface area contributed by atoms with Crippen LogP contribution in [0.1, 0.15) is 25.0 Å². The predicted octanol–water partition coefficient (Wildman–Crippen LogP) is 2.86. The van der Waals surface area contributed by atoms with E-state index < -0.39 is 0 Å². The van der Waals surface area contributed by atoms with Crippen LogP contribution in [0, 0.1) is 0 Å². The molecular weight excluding hydrogens is 255 g/mol. The zero-order valence-corrected chi connectivity index (χ0v) is 11.9. The van der Waals surface area contributed by atoms with Gasteiger partial charge in [0.2, 0.25) is 0 Å². The normalized spacial score (nSPS) is 16.2. The number of rotatable bonds is 2. The van der Waals surface area contributed by atoms with Crippen molar-refractivity contribution < 1.29 is 0 Å². The SMILES string of the molecule is CC(C)(N)CN1CCc2cc(Cl)ccc2C1.Cl. The summed E-state index contributed by atoms with van der Waals surface area (Å²) in [4.78, 5) is 2.41. The number of fused-ring (bicyclic) bond motifs is 1. The van der Waals surface area contributed by atoms with Crippen LogP contribution in [0.4, 0.5) is 0 Å². The summed E-state index contributed by atoms with van der Waals surface area (Å²) in [6, 6.07) is 6.19. The van der Waals surface area contributed by atoms with Gasteiger partial charge in [-0.25, -0.2) is 0 Å². The minimum absolute atomic E-state index is 0. The quantitative estimate of drug-likeness (QED) is 0.899. The Balaban J connectivity index is 0.00000144. The third kappa shape index (κ3) is 4.14. The fraction of sp³-hybridized carbons (Fsp3) is 0.538. The molecule has 1 heterocycles. The van der Waals surface area contributed by atoms with Gasteiger partial charge in [0.25, 0.3) is 0 Å². The standard InChI is InChI=1S/C13H19ClN2.ClH/c1-13(2,15)9-16-6-5-10-7-12(14)4-3-11(10)8-16;/h3-4,7H,5-6,8-9,15H2,1-2H3;1H. The van der Waals surface area contributed by atoms with Gasteiger partial charge < -0.3 is 5.73 Å². The van der Waals surface area contributed by atoms with Gasteiger partial charge in [-0.3, -0.25) is 4.90 Å². The summed E-state index contributed by atoms with van der Waals surface area (Å²) in [5.74, 6) is 0. The summed E-state index contributed by atoms with van der Waals surface area (Å²) < 4.78 is 0. The topological polar surface area (TPSA) is 29.3 Å². The molecule has 0 radical (unpaired) electrons. The van der Waals surface area contributed by atoms with Crippen LogP contribution in [0.2, 0.25) is 5.02 Å². The third-order valence-corrected chi connectivity index (χ3v) is 3.13. The molecule has 1 aromatic rings. The van der Waals surface area contributed by atoms with E-state index in [0.717, 1.165) is 31.1 Å². The number of nitrogens with zero attached hydrogens (tertiary/aromatic N) is 1. The second-order valence-corrected chi connectivity index (χ2v) is 5.80. The Morgan fingerprint density at radius 1 is 1.35 bits per heavy atom. The van der Waals surface area contributed by atoms with E-state index in [2.05, 4.69) is 30.9 Å². The molecular formula is C13H20Cl2N2. The van der Waals surface area contributed by atoms with Gasteiger partial charge in [0, 0.05) is 30.2 Å². The lowest BCUT2D eigenvalue weighted by molar-refractivity contribution is 0.209. The minimum Gasteiger partial charge on any atom is -0.324 e. The van der Waals surface area contributed by atoms with Crippen LogP contribution in [0.25, 0.3) is 0 Å². The summed E-state index contributed by atoms with van der Waals surface area (Å²) in [5, 5.41) is 0.839. The van der Waals surface area contributed by atoms with Crippen LogP contribution in [-0.2, 0) is 13.0 Å². The molecule has 0 bridgehead atoms. The molecule has 1 aliphatic heterocycles. The van der Waals surface area contributed by atoms with Gasteiger partial charge in [-0.1, -0.05) is 17.7 Å². The maximum atomic E-state index is 6.05. The van der Waals surface area contributed by atoms with Gasteiger partial charge in [0.15, 0.2) is 0 Å². The lowest BCUT2D eigenvalue weighted by atomic mass is 9.98. The Labute approximate surface area is 115 Å². The van der Waals surface area contributed by atoms with E-state index in [1.165, 1.54) is 11.1 Å². The van der Waals surface area contributed by atoms with Gasteiger partial charge in [-0.05, 0) is 43.5 Å². The molecule has 2 N–H and O–H groups in total. The fourth-order valence-electron chi connectivity index (χ4n) is 2.29. The molecule has 0 fully saturated rings. The summed E-state index contributed by atoms with van der Waals surface area (Å²) in [6.07, 6.45) is 1.08. The van der Waals surface area contributed by atoms with Crippen molar-refractivity contribution in [1.82, 2.24) is 4.90 Å². The van der Waals surface area contributed by atoms with E-state index in [9.17, 15) is 0 Å². The summed E-state index contributed by atoms with van der Waals surface area (Å²) in [5.41, 5.74) is 8.70. The summed E-state index contributed by atoms with van der Waals surface area (Å²) >= 11 is 5.99. The molecule has 2 nitrogen and oxygen atoms in total. The molecule has 0 saturated carbocycles. The third-order valence-electron chi connectivity index (χ3n) is 2.89. The molecule has 1 aliphatic rings. The molecule has 0 aromatic heterocycles. The number of benzene rings is 1. The van der Waals surface area contributed by atoms with Gasteiger partial charge in [0.05, 0.1) is 0 Å². The Bertz CT molecular complexity index is 385. The van der Waals surface area contributed by atoms with Crippen molar-refractivity contribution in [3.05, 3.63) is 34.3 Å². The molecule has 0 aliphatic carbocycles. The molecule has 0 atom stereocenters. The van der Waals surface area contributed by atoms with Gasteiger partial charge in [-0.2, -0.15) is 0 Å². The highest BCUT2D eigenvalue weighted by Gasteiger charge is 2.21. The first-order valence-electron chi connectivity index (χ1n) is 5.73. The van der Waals surface area contributed by atoms with Crippen molar-refractivity contribution in [2.24, 2.45) is 5.73 Å². The Kier molecular flexibility index (Phi) is 4.85. The van der Waals surface area contributed by atoms with Crippen LogP contribution in [0.3, 0.4) is 0 Å². The fourth-order valence-corrected chi connectivity index (χ4v) is 2.49. The van der Waals surface area contributed by atoms with Crippen LogP contribution in [0.5, 0.6) is 0 Å². The molecule has 17 heavy (non-hydrogen) atoms. The van der Waals surface area contributed by atoms with Crippen molar-refractivity contribution in [3.8, 4) is 0 Å². The molecule has 0 saturated heterocycles. The second-order valence-electron chi connectivity index (χ2n) is 5.36. The molecule has 0 unspecified atom stereocenters. The smallest absolute Gasteiger partial charge is 0.0408 e. The van der Waals surface area contributed by atoms with Crippen LogP contribution >= 0.6 is 24.0 Å². The van der Waals surface area contributed by atoms with Crippen LogP contribution in [-0.4, -0.2) is 23.5 Å². The number of nitrogens with two attached hydrogens (primary N) is 1. The van der Waals surface area contributed by atoms with Crippen molar-refractivity contribution in [3.63, 3.8) is 0 Å². The first-order chi connectivity index (χ1) is 7.44. The van der Waals surface area contributed by atoms with Crippen LogP contribution < -0.4 is 5.73 Å². The predicted molar refractivity (Wildman–Crippen MR) is 75.9 cm³/mol. The highest BCUT2D eigenvalue weighted by molar-refractivity contribution is 6.30. The first kappa shape index (κ1) is 14.8.